The van der Waals surface area contributed by atoms with Crippen molar-refractivity contribution in [1.29, 1.82) is 0 Å². The number of halogens is 2. The van der Waals surface area contributed by atoms with Gasteiger partial charge in [-0.05, 0) is 24.1 Å². The lowest BCUT2D eigenvalue weighted by Crippen LogP contribution is -2.37. The molecule has 6 heteroatoms. The SMILES string of the molecule is Clc1ccc(/C=N/OCCCN2CCOCC2)cc1Cl. The number of rotatable bonds is 6. The average molecular weight is 317 g/mol. The van der Waals surface area contributed by atoms with Gasteiger partial charge in [-0.3, -0.25) is 4.90 Å². The van der Waals surface area contributed by atoms with E-state index in [2.05, 4.69) is 10.1 Å². The Labute approximate surface area is 129 Å². The van der Waals surface area contributed by atoms with Gasteiger partial charge in [0, 0.05) is 19.6 Å². The van der Waals surface area contributed by atoms with Crippen molar-refractivity contribution in [3.05, 3.63) is 33.8 Å². The molecule has 0 amide bonds. The number of ether oxygens (including phenoxy) is 1. The monoisotopic (exact) mass is 316 g/mol. The summed E-state index contributed by atoms with van der Waals surface area (Å²) in [6, 6.07) is 5.34. The highest BCUT2D eigenvalue weighted by Crippen LogP contribution is 2.21. The summed E-state index contributed by atoms with van der Waals surface area (Å²) in [5, 5.41) is 4.98. The predicted octanol–water partition coefficient (Wildman–Crippen LogP) is 3.07. The van der Waals surface area contributed by atoms with Crippen molar-refractivity contribution in [1.82, 2.24) is 4.90 Å². The molecule has 0 saturated carbocycles. The molecule has 0 unspecified atom stereocenters. The molecule has 1 aromatic rings. The molecule has 1 aliphatic heterocycles. The maximum atomic E-state index is 5.91. The van der Waals surface area contributed by atoms with E-state index in [9.17, 15) is 0 Å². The van der Waals surface area contributed by atoms with E-state index in [0.717, 1.165) is 44.8 Å². The number of hydrogen-bond donors (Lipinski definition) is 0. The van der Waals surface area contributed by atoms with Crippen LogP contribution in [0, 0.1) is 0 Å². The van der Waals surface area contributed by atoms with Crippen molar-refractivity contribution >= 4 is 29.4 Å². The molecule has 1 aliphatic rings. The van der Waals surface area contributed by atoms with Gasteiger partial charge in [0.15, 0.2) is 0 Å². The molecule has 110 valence electrons. The van der Waals surface area contributed by atoms with Gasteiger partial charge >= 0.3 is 0 Å². The van der Waals surface area contributed by atoms with Crippen LogP contribution < -0.4 is 0 Å². The molecule has 0 aromatic heterocycles. The summed E-state index contributed by atoms with van der Waals surface area (Å²) < 4.78 is 5.29. The van der Waals surface area contributed by atoms with Gasteiger partial charge < -0.3 is 9.57 Å². The number of morpholine rings is 1. The Morgan fingerprint density at radius 1 is 1.25 bits per heavy atom. The first-order valence-electron chi connectivity index (χ1n) is 6.66. The summed E-state index contributed by atoms with van der Waals surface area (Å²) in [5.74, 6) is 0. The number of nitrogens with zero attached hydrogens (tertiary/aromatic N) is 2. The first kappa shape index (κ1) is 15.6. The lowest BCUT2D eigenvalue weighted by atomic mass is 10.2. The minimum Gasteiger partial charge on any atom is -0.396 e. The van der Waals surface area contributed by atoms with E-state index in [1.54, 1.807) is 18.3 Å². The van der Waals surface area contributed by atoms with Crippen LogP contribution in [0.4, 0.5) is 0 Å². The van der Waals surface area contributed by atoms with E-state index in [0.29, 0.717) is 16.7 Å². The summed E-state index contributed by atoms with van der Waals surface area (Å²) in [5.41, 5.74) is 0.868. The Hall–Kier alpha value is -0.810. The highest BCUT2D eigenvalue weighted by atomic mass is 35.5. The van der Waals surface area contributed by atoms with E-state index >= 15 is 0 Å². The van der Waals surface area contributed by atoms with Crippen molar-refractivity contribution in [2.24, 2.45) is 5.16 Å². The normalized spacial score (nSPS) is 16.7. The zero-order valence-electron chi connectivity index (χ0n) is 11.2. The van der Waals surface area contributed by atoms with Gasteiger partial charge in [-0.25, -0.2) is 0 Å². The number of hydrogen-bond acceptors (Lipinski definition) is 4. The lowest BCUT2D eigenvalue weighted by Gasteiger charge is -2.26. The third kappa shape index (κ3) is 5.29. The Morgan fingerprint density at radius 2 is 2.05 bits per heavy atom. The van der Waals surface area contributed by atoms with Crippen molar-refractivity contribution in [3.63, 3.8) is 0 Å². The Morgan fingerprint density at radius 3 is 2.80 bits per heavy atom. The summed E-state index contributed by atoms with van der Waals surface area (Å²) in [7, 11) is 0. The molecular weight excluding hydrogens is 299 g/mol. The fourth-order valence-corrected chi connectivity index (χ4v) is 2.23. The van der Waals surface area contributed by atoms with Crippen molar-refractivity contribution in [2.75, 3.05) is 39.5 Å². The van der Waals surface area contributed by atoms with Crippen LogP contribution in [0.1, 0.15) is 12.0 Å². The van der Waals surface area contributed by atoms with E-state index in [1.807, 2.05) is 6.07 Å². The van der Waals surface area contributed by atoms with E-state index in [4.69, 9.17) is 32.8 Å². The topological polar surface area (TPSA) is 34.1 Å². The molecule has 1 saturated heterocycles. The van der Waals surface area contributed by atoms with Crippen LogP contribution in [0.3, 0.4) is 0 Å². The summed E-state index contributed by atoms with van der Waals surface area (Å²) >= 11 is 11.7. The maximum absolute atomic E-state index is 5.91. The largest absolute Gasteiger partial charge is 0.396 e. The van der Waals surface area contributed by atoms with E-state index in [1.165, 1.54) is 0 Å². The van der Waals surface area contributed by atoms with Crippen molar-refractivity contribution < 1.29 is 9.57 Å². The second-order valence-electron chi connectivity index (χ2n) is 4.55. The smallest absolute Gasteiger partial charge is 0.118 e. The Bertz CT molecular complexity index is 449. The molecule has 1 fully saturated rings. The minimum absolute atomic E-state index is 0.517. The highest BCUT2D eigenvalue weighted by molar-refractivity contribution is 6.42. The van der Waals surface area contributed by atoms with Crippen LogP contribution in [0.25, 0.3) is 0 Å². The second-order valence-corrected chi connectivity index (χ2v) is 5.36. The molecule has 0 atom stereocenters. The van der Waals surface area contributed by atoms with Crippen LogP contribution in [-0.4, -0.2) is 50.6 Å². The fourth-order valence-electron chi connectivity index (χ4n) is 1.92. The molecule has 20 heavy (non-hydrogen) atoms. The fraction of sp³-hybridized carbons (Fsp3) is 0.500. The van der Waals surface area contributed by atoms with Gasteiger partial charge in [0.05, 0.1) is 29.5 Å². The molecule has 1 heterocycles. The Kier molecular flexibility index (Phi) is 6.60. The van der Waals surface area contributed by atoms with Gasteiger partial charge in [0.1, 0.15) is 6.61 Å². The molecule has 0 N–H and O–H groups in total. The maximum Gasteiger partial charge on any atom is 0.118 e. The summed E-state index contributed by atoms with van der Waals surface area (Å²) in [6.45, 7) is 5.30. The lowest BCUT2D eigenvalue weighted by molar-refractivity contribution is 0.0323. The van der Waals surface area contributed by atoms with Crippen LogP contribution in [-0.2, 0) is 9.57 Å². The summed E-state index contributed by atoms with van der Waals surface area (Å²) in [6.07, 6.45) is 2.59. The molecule has 2 rings (SSSR count). The summed E-state index contributed by atoms with van der Waals surface area (Å²) in [4.78, 5) is 7.60. The highest BCUT2D eigenvalue weighted by Gasteiger charge is 2.08. The molecule has 4 nitrogen and oxygen atoms in total. The Balaban J connectivity index is 1.62. The van der Waals surface area contributed by atoms with Gasteiger partial charge in [-0.2, -0.15) is 0 Å². The van der Waals surface area contributed by atoms with Gasteiger partial charge in [-0.1, -0.05) is 34.4 Å². The van der Waals surface area contributed by atoms with Crippen molar-refractivity contribution in [2.45, 2.75) is 6.42 Å². The van der Waals surface area contributed by atoms with Crippen LogP contribution in [0.15, 0.2) is 23.4 Å². The zero-order valence-corrected chi connectivity index (χ0v) is 12.7. The predicted molar refractivity (Wildman–Crippen MR) is 81.9 cm³/mol. The molecule has 0 spiro atoms. The van der Waals surface area contributed by atoms with Crippen LogP contribution >= 0.6 is 23.2 Å². The number of benzene rings is 1. The van der Waals surface area contributed by atoms with Crippen LogP contribution in [0.5, 0.6) is 0 Å². The number of oxime groups is 1. The molecule has 0 aliphatic carbocycles. The molecule has 0 bridgehead atoms. The minimum atomic E-state index is 0.517. The van der Waals surface area contributed by atoms with E-state index < -0.39 is 0 Å². The molecule has 0 radical (unpaired) electrons. The third-order valence-electron chi connectivity index (χ3n) is 3.03. The second kappa shape index (κ2) is 8.47. The first-order chi connectivity index (χ1) is 9.75. The van der Waals surface area contributed by atoms with Gasteiger partial charge in [-0.15, -0.1) is 0 Å². The van der Waals surface area contributed by atoms with E-state index in [-0.39, 0.29) is 0 Å². The van der Waals surface area contributed by atoms with Crippen LogP contribution in [0.2, 0.25) is 10.0 Å². The van der Waals surface area contributed by atoms with Gasteiger partial charge in [0.2, 0.25) is 0 Å². The van der Waals surface area contributed by atoms with Gasteiger partial charge in [0.25, 0.3) is 0 Å². The third-order valence-corrected chi connectivity index (χ3v) is 3.77. The average Bonchev–Trinajstić information content (AvgIpc) is 2.47. The first-order valence-corrected chi connectivity index (χ1v) is 7.42. The zero-order chi connectivity index (χ0) is 14.2. The molecule has 1 aromatic carbocycles. The quantitative estimate of drug-likeness (QED) is 0.459. The molecular formula is C14H18Cl2N2O2. The van der Waals surface area contributed by atoms with Crippen molar-refractivity contribution in [3.8, 4) is 0 Å². The standard InChI is InChI=1S/C14H18Cl2N2O2/c15-13-3-2-12(10-14(13)16)11-17-20-7-1-4-18-5-8-19-9-6-18/h2-3,10-11H,1,4-9H2/b17-11+.